The van der Waals surface area contributed by atoms with E-state index in [0.717, 1.165) is 25.7 Å². The first-order valence-electron chi connectivity index (χ1n) is 13.6. The van der Waals surface area contributed by atoms with Crippen molar-refractivity contribution in [2.24, 2.45) is 29.6 Å². The van der Waals surface area contributed by atoms with Crippen LogP contribution in [0, 0.1) is 29.6 Å². The van der Waals surface area contributed by atoms with Gasteiger partial charge in [-0.05, 0) is 74.9 Å². The van der Waals surface area contributed by atoms with Crippen LogP contribution in [0.5, 0.6) is 0 Å². The molecule has 3 rings (SSSR count). The Kier molecular flexibility index (Phi) is 9.96. The smallest absolute Gasteiger partial charge is 0.323 e. The summed E-state index contributed by atoms with van der Waals surface area (Å²) in [6.45, 7) is 9.55. The molecule has 0 aromatic heterocycles. The average Bonchev–Trinajstić information content (AvgIpc) is 3.31. The third-order valence-electron chi connectivity index (χ3n) is 8.38. The number of carboxylic acids is 1. The largest absolute Gasteiger partial charge is 0.480 e. The molecule has 9 atom stereocenters. The first kappa shape index (κ1) is 27.9. The number of aliphatic hydroxyl groups excluding tert-OH is 2. The van der Waals surface area contributed by atoms with Crippen LogP contribution < -0.4 is 0 Å². The topological polar surface area (TPSA) is 107 Å². The summed E-state index contributed by atoms with van der Waals surface area (Å²) in [6.07, 6.45) is 9.21. The summed E-state index contributed by atoms with van der Waals surface area (Å²) in [5.41, 5.74) is 1.21. The summed E-state index contributed by atoms with van der Waals surface area (Å²) in [7, 11) is 0. The summed E-state index contributed by atoms with van der Waals surface area (Å²) in [4.78, 5) is 26.3. The molecule has 0 aromatic rings. The van der Waals surface area contributed by atoms with Gasteiger partial charge >= 0.3 is 11.9 Å². The highest BCUT2D eigenvalue weighted by molar-refractivity contribution is 5.74. The number of carbonyl (C=O) groups excluding carboxylic acids is 1. The SMILES string of the molecule is CC[C@H](C)C(=O)OC1C[C@@H](C)C=C2C=C[C@H](C)[C@H](CC[C@@H](O)C[C@@H](O)C(C(=O)O)N3CCCC3)[C@H]21. The van der Waals surface area contributed by atoms with Crippen molar-refractivity contribution in [1.82, 2.24) is 4.90 Å². The fraction of sp³-hybridized carbons (Fsp3) is 0.786. The highest BCUT2D eigenvalue weighted by Crippen LogP contribution is 2.45. The number of rotatable bonds is 11. The molecule has 1 fully saturated rings. The maximum absolute atomic E-state index is 12.6. The first-order valence-corrected chi connectivity index (χ1v) is 13.6. The van der Waals surface area contributed by atoms with Crippen molar-refractivity contribution in [3.63, 3.8) is 0 Å². The molecule has 3 N–H and O–H groups in total. The van der Waals surface area contributed by atoms with Gasteiger partial charge in [0.15, 0.2) is 0 Å². The van der Waals surface area contributed by atoms with Gasteiger partial charge in [0, 0.05) is 12.3 Å². The molecule has 7 nitrogen and oxygen atoms in total. The molecular formula is C28H45NO6. The zero-order valence-electron chi connectivity index (χ0n) is 21.8. The number of nitrogens with zero attached hydrogens (tertiary/aromatic N) is 1. The van der Waals surface area contributed by atoms with Crippen molar-refractivity contribution in [2.75, 3.05) is 13.1 Å². The van der Waals surface area contributed by atoms with E-state index in [1.165, 1.54) is 5.57 Å². The summed E-state index contributed by atoms with van der Waals surface area (Å²) < 4.78 is 6.06. The molecule has 198 valence electrons. The van der Waals surface area contributed by atoms with E-state index in [2.05, 4.69) is 32.1 Å². The number of esters is 1. The van der Waals surface area contributed by atoms with Gasteiger partial charge in [0.1, 0.15) is 12.1 Å². The third-order valence-corrected chi connectivity index (χ3v) is 8.38. The number of allylic oxidation sites excluding steroid dienone is 3. The van der Waals surface area contributed by atoms with Crippen LogP contribution in [-0.2, 0) is 14.3 Å². The second-order valence-electron chi connectivity index (χ2n) is 11.1. The molecule has 2 unspecified atom stereocenters. The van der Waals surface area contributed by atoms with E-state index in [9.17, 15) is 24.9 Å². The second kappa shape index (κ2) is 12.5. The lowest BCUT2D eigenvalue weighted by Gasteiger charge is -2.43. The number of likely N-dealkylation sites (tertiary alicyclic amines) is 1. The molecular weight excluding hydrogens is 446 g/mol. The number of hydrogen-bond acceptors (Lipinski definition) is 6. The maximum atomic E-state index is 12.6. The number of aliphatic carboxylic acids is 1. The predicted octanol–water partition coefficient (Wildman–Crippen LogP) is 3.79. The van der Waals surface area contributed by atoms with Crippen LogP contribution >= 0.6 is 0 Å². The minimum Gasteiger partial charge on any atom is -0.480 e. The van der Waals surface area contributed by atoms with Gasteiger partial charge in [-0.15, -0.1) is 0 Å². The van der Waals surface area contributed by atoms with E-state index >= 15 is 0 Å². The van der Waals surface area contributed by atoms with Crippen LogP contribution in [0.25, 0.3) is 0 Å². The second-order valence-corrected chi connectivity index (χ2v) is 11.1. The number of aliphatic hydroxyl groups is 2. The van der Waals surface area contributed by atoms with Crippen molar-refractivity contribution in [3.05, 3.63) is 23.8 Å². The summed E-state index contributed by atoms with van der Waals surface area (Å²) in [5, 5.41) is 31.1. The minimum absolute atomic E-state index is 0.0429. The summed E-state index contributed by atoms with van der Waals surface area (Å²) in [5.74, 6) is -0.415. The fourth-order valence-corrected chi connectivity index (χ4v) is 6.15. The monoisotopic (exact) mass is 491 g/mol. The van der Waals surface area contributed by atoms with E-state index in [0.29, 0.717) is 31.8 Å². The van der Waals surface area contributed by atoms with Gasteiger partial charge in [0.05, 0.1) is 18.1 Å². The van der Waals surface area contributed by atoms with Gasteiger partial charge in [0.25, 0.3) is 0 Å². The lowest BCUT2D eigenvalue weighted by Crippen LogP contribution is -2.48. The maximum Gasteiger partial charge on any atom is 0.323 e. The Balaban J connectivity index is 1.66. The normalized spacial score (nSPS) is 32.3. The third kappa shape index (κ3) is 6.95. The number of fused-ring (bicyclic) bond motifs is 1. The molecule has 2 aliphatic carbocycles. The quantitative estimate of drug-likeness (QED) is 0.378. The first-order chi connectivity index (χ1) is 16.6. The summed E-state index contributed by atoms with van der Waals surface area (Å²) in [6, 6.07) is -0.970. The van der Waals surface area contributed by atoms with Gasteiger partial charge in [0.2, 0.25) is 0 Å². The van der Waals surface area contributed by atoms with E-state index in [-0.39, 0.29) is 42.2 Å². The lowest BCUT2D eigenvalue weighted by atomic mass is 9.65. The minimum atomic E-state index is -1.11. The zero-order chi connectivity index (χ0) is 25.7. The number of ether oxygens (including phenoxy) is 1. The number of carboxylic acid groups (broad SMARTS) is 1. The van der Waals surface area contributed by atoms with Crippen molar-refractivity contribution in [1.29, 1.82) is 0 Å². The molecule has 0 spiro atoms. The van der Waals surface area contributed by atoms with Crippen molar-refractivity contribution >= 4 is 11.9 Å². The van der Waals surface area contributed by atoms with Crippen LogP contribution in [0.3, 0.4) is 0 Å². The molecule has 0 saturated carbocycles. The molecule has 7 heteroatoms. The van der Waals surface area contributed by atoms with Crippen LogP contribution in [0.2, 0.25) is 0 Å². The standard InChI is InChI=1S/C28H45NO6/c1-5-18(3)28(34)35-24-15-17(2)14-20-9-8-19(4)22(25(20)24)11-10-21(30)16-23(31)26(27(32)33)29-12-6-7-13-29/h8-9,14,17-19,21-26,30-31H,5-7,10-13,15-16H2,1-4H3,(H,32,33)/t17-,18-,19-,21+,22-,23+,24?,25-,26?/m0/s1. The van der Waals surface area contributed by atoms with Crippen molar-refractivity contribution in [2.45, 2.75) is 97.0 Å². The van der Waals surface area contributed by atoms with Crippen molar-refractivity contribution in [3.8, 4) is 0 Å². The molecule has 35 heavy (non-hydrogen) atoms. The lowest BCUT2D eigenvalue weighted by molar-refractivity contribution is -0.158. The average molecular weight is 492 g/mol. The number of hydrogen-bond donors (Lipinski definition) is 3. The molecule has 1 aliphatic heterocycles. The highest BCUT2D eigenvalue weighted by Gasteiger charge is 2.42. The zero-order valence-corrected chi connectivity index (χ0v) is 21.8. The molecule has 1 heterocycles. The Morgan fingerprint density at radius 2 is 1.89 bits per heavy atom. The van der Waals surface area contributed by atoms with Gasteiger partial charge in [-0.3, -0.25) is 14.5 Å². The fourth-order valence-electron chi connectivity index (χ4n) is 6.15. The Hall–Kier alpha value is -1.70. The van der Waals surface area contributed by atoms with Crippen LogP contribution in [0.1, 0.15) is 72.6 Å². The van der Waals surface area contributed by atoms with Gasteiger partial charge in [-0.2, -0.15) is 0 Å². The van der Waals surface area contributed by atoms with Crippen LogP contribution in [0.4, 0.5) is 0 Å². The van der Waals surface area contributed by atoms with Gasteiger partial charge < -0.3 is 20.1 Å². The van der Waals surface area contributed by atoms with Crippen LogP contribution in [0.15, 0.2) is 23.8 Å². The van der Waals surface area contributed by atoms with E-state index < -0.39 is 24.2 Å². The van der Waals surface area contributed by atoms with Crippen LogP contribution in [-0.4, -0.2) is 69.6 Å². The molecule has 3 aliphatic rings. The van der Waals surface area contributed by atoms with E-state index in [1.807, 2.05) is 18.7 Å². The molecule has 0 amide bonds. The van der Waals surface area contributed by atoms with Gasteiger partial charge in [-0.1, -0.05) is 45.9 Å². The molecule has 0 bridgehead atoms. The molecule has 0 aromatic carbocycles. The number of carbonyl (C=O) groups is 2. The molecule has 0 radical (unpaired) electrons. The Bertz CT molecular complexity index is 788. The van der Waals surface area contributed by atoms with E-state index in [4.69, 9.17) is 4.74 Å². The van der Waals surface area contributed by atoms with Gasteiger partial charge in [-0.25, -0.2) is 0 Å². The van der Waals surface area contributed by atoms with Crippen molar-refractivity contribution < 1.29 is 29.6 Å². The van der Waals surface area contributed by atoms with E-state index in [1.54, 1.807) is 0 Å². The Labute approximate surface area is 210 Å². The Morgan fingerprint density at radius 3 is 2.51 bits per heavy atom. The Morgan fingerprint density at radius 1 is 1.20 bits per heavy atom. The molecule has 1 saturated heterocycles. The highest BCUT2D eigenvalue weighted by atomic mass is 16.5. The summed E-state index contributed by atoms with van der Waals surface area (Å²) >= 11 is 0. The predicted molar refractivity (Wildman–Crippen MR) is 135 cm³/mol.